The minimum absolute atomic E-state index is 0.247. The lowest BCUT2D eigenvalue weighted by molar-refractivity contribution is 0.628. The molecule has 1 aromatic carbocycles. The van der Waals surface area contributed by atoms with Crippen LogP contribution >= 0.6 is 11.3 Å². The predicted molar refractivity (Wildman–Crippen MR) is 98.0 cm³/mol. The highest BCUT2D eigenvalue weighted by molar-refractivity contribution is 7.25. The van der Waals surface area contributed by atoms with Crippen LogP contribution < -0.4 is 5.56 Å². The Hall–Kier alpha value is -2.93. The minimum Gasteiger partial charge on any atom is -0.266 e. The van der Waals surface area contributed by atoms with Gasteiger partial charge < -0.3 is 0 Å². The molecule has 0 saturated carbocycles. The number of rotatable bonds is 2. The first-order chi connectivity index (χ1) is 12.0. The van der Waals surface area contributed by atoms with Crippen LogP contribution in [-0.2, 0) is 0 Å². The first kappa shape index (κ1) is 15.6. The average molecular weight is 352 g/mol. The van der Waals surface area contributed by atoms with Gasteiger partial charge in [0.15, 0.2) is 0 Å². The molecule has 124 valence electrons. The Morgan fingerprint density at radius 3 is 2.76 bits per heavy atom. The van der Waals surface area contributed by atoms with Gasteiger partial charge in [-0.25, -0.2) is 14.4 Å². The summed E-state index contributed by atoms with van der Waals surface area (Å²) in [5.41, 5.74) is 3.06. The summed E-state index contributed by atoms with van der Waals surface area (Å²) < 4.78 is 14.6. The largest absolute Gasteiger partial charge is 0.291 e. The van der Waals surface area contributed by atoms with Crippen LogP contribution in [-0.4, -0.2) is 20.9 Å². The van der Waals surface area contributed by atoms with E-state index in [1.165, 1.54) is 40.7 Å². The number of hydrogen-bond donors (Lipinski definition) is 0. The Morgan fingerprint density at radius 1 is 1.24 bits per heavy atom. The van der Waals surface area contributed by atoms with Crippen molar-refractivity contribution in [2.45, 2.75) is 13.8 Å². The van der Waals surface area contributed by atoms with Crippen LogP contribution in [0.15, 0.2) is 46.6 Å². The number of aromatic nitrogens is 3. The maximum Gasteiger partial charge on any atom is 0.291 e. The van der Waals surface area contributed by atoms with Crippen LogP contribution in [0, 0.1) is 19.7 Å². The molecule has 7 heteroatoms. The topological polar surface area (TPSA) is 60.1 Å². The van der Waals surface area contributed by atoms with Crippen molar-refractivity contribution in [3.63, 3.8) is 0 Å². The zero-order valence-corrected chi connectivity index (χ0v) is 14.3. The van der Waals surface area contributed by atoms with E-state index in [2.05, 4.69) is 15.1 Å². The summed E-state index contributed by atoms with van der Waals surface area (Å²) in [4.78, 5) is 22.4. The molecule has 3 aromatic heterocycles. The van der Waals surface area contributed by atoms with Crippen LogP contribution in [0.1, 0.15) is 16.8 Å². The average Bonchev–Trinajstić information content (AvgIpc) is 2.95. The fourth-order valence-corrected chi connectivity index (χ4v) is 3.89. The highest BCUT2D eigenvalue weighted by Gasteiger charge is 2.14. The standard InChI is InChI=1S/C18H13FN4OS/c1-10-7-11(2)22-17-14(10)15-16(25-17)18(24)23(9-20-15)21-8-12-3-5-13(19)6-4-12/h3-9H,1-2H3/b21-8+. The number of thiophene rings is 1. The van der Waals surface area contributed by atoms with Gasteiger partial charge >= 0.3 is 0 Å². The monoisotopic (exact) mass is 352 g/mol. The maximum atomic E-state index is 12.9. The molecule has 0 fully saturated rings. The summed E-state index contributed by atoms with van der Waals surface area (Å²) in [6.07, 6.45) is 2.89. The van der Waals surface area contributed by atoms with Crippen LogP contribution in [0.5, 0.6) is 0 Å². The molecule has 0 aliphatic carbocycles. The second-order valence-electron chi connectivity index (χ2n) is 5.73. The number of benzene rings is 1. The number of aryl methyl sites for hydroxylation is 2. The fourth-order valence-electron chi connectivity index (χ4n) is 2.72. The summed E-state index contributed by atoms with van der Waals surface area (Å²) in [5, 5.41) is 5.06. The van der Waals surface area contributed by atoms with Gasteiger partial charge in [-0.15, -0.1) is 11.3 Å². The van der Waals surface area contributed by atoms with Gasteiger partial charge in [0, 0.05) is 11.1 Å². The Morgan fingerprint density at radius 2 is 2.00 bits per heavy atom. The molecule has 0 N–H and O–H groups in total. The molecule has 4 aromatic rings. The van der Waals surface area contributed by atoms with Gasteiger partial charge in [-0.2, -0.15) is 9.78 Å². The molecule has 0 amide bonds. The van der Waals surface area contributed by atoms with Crippen molar-refractivity contribution in [3.8, 4) is 0 Å². The highest BCUT2D eigenvalue weighted by atomic mass is 32.1. The van der Waals surface area contributed by atoms with E-state index in [9.17, 15) is 9.18 Å². The molecule has 25 heavy (non-hydrogen) atoms. The third kappa shape index (κ3) is 2.72. The molecule has 0 atom stereocenters. The predicted octanol–water partition coefficient (Wildman–Crippen LogP) is 3.64. The minimum atomic E-state index is -0.319. The molecule has 4 rings (SSSR count). The quantitative estimate of drug-likeness (QED) is 0.518. The SMILES string of the molecule is Cc1cc(C)c2c(n1)sc1c(=O)n(/N=C/c3ccc(F)cc3)cnc12. The Bertz CT molecular complexity index is 1190. The third-order valence-corrected chi connectivity index (χ3v) is 4.92. The zero-order chi connectivity index (χ0) is 17.6. The van der Waals surface area contributed by atoms with Crippen LogP contribution in [0.3, 0.4) is 0 Å². The maximum absolute atomic E-state index is 12.9. The van der Waals surface area contributed by atoms with E-state index in [4.69, 9.17) is 0 Å². The van der Waals surface area contributed by atoms with E-state index in [1.54, 1.807) is 12.1 Å². The first-order valence-corrected chi connectivity index (χ1v) is 8.42. The van der Waals surface area contributed by atoms with E-state index in [-0.39, 0.29) is 11.4 Å². The van der Waals surface area contributed by atoms with Gasteiger partial charge in [0.05, 0.1) is 11.7 Å². The molecule has 0 unspecified atom stereocenters. The number of pyridine rings is 1. The lowest BCUT2D eigenvalue weighted by atomic mass is 10.1. The fraction of sp³-hybridized carbons (Fsp3) is 0.111. The smallest absolute Gasteiger partial charge is 0.266 e. The van der Waals surface area contributed by atoms with Gasteiger partial charge in [-0.3, -0.25) is 4.79 Å². The molecule has 0 aliphatic rings. The van der Waals surface area contributed by atoms with E-state index in [1.807, 2.05) is 19.9 Å². The first-order valence-electron chi connectivity index (χ1n) is 7.61. The zero-order valence-electron chi connectivity index (χ0n) is 13.5. The van der Waals surface area contributed by atoms with Crippen molar-refractivity contribution in [2.75, 3.05) is 0 Å². The van der Waals surface area contributed by atoms with E-state index in [0.717, 1.165) is 21.5 Å². The Labute approximate surface area is 146 Å². The number of nitrogens with zero attached hydrogens (tertiary/aromatic N) is 4. The van der Waals surface area contributed by atoms with Crippen LogP contribution in [0.4, 0.5) is 4.39 Å². The number of hydrogen-bond acceptors (Lipinski definition) is 5. The van der Waals surface area contributed by atoms with E-state index >= 15 is 0 Å². The molecule has 0 saturated heterocycles. The number of fused-ring (bicyclic) bond motifs is 3. The van der Waals surface area contributed by atoms with E-state index < -0.39 is 0 Å². The van der Waals surface area contributed by atoms with Crippen LogP contribution in [0.25, 0.3) is 20.4 Å². The van der Waals surface area contributed by atoms with Crippen molar-refractivity contribution >= 4 is 38.0 Å². The second kappa shape index (κ2) is 5.86. The van der Waals surface area contributed by atoms with Gasteiger partial charge in [0.1, 0.15) is 21.7 Å². The van der Waals surface area contributed by atoms with Crippen molar-refractivity contribution in [1.29, 1.82) is 0 Å². The summed E-state index contributed by atoms with van der Waals surface area (Å²) in [6.45, 7) is 3.92. The molecule has 0 bridgehead atoms. The highest BCUT2D eigenvalue weighted by Crippen LogP contribution is 2.31. The van der Waals surface area contributed by atoms with E-state index in [0.29, 0.717) is 15.8 Å². The summed E-state index contributed by atoms with van der Waals surface area (Å²) >= 11 is 1.32. The molecule has 0 radical (unpaired) electrons. The van der Waals surface area contributed by atoms with Crippen molar-refractivity contribution in [3.05, 3.63) is 69.7 Å². The van der Waals surface area contributed by atoms with Gasteiger partial charge in [-0.1, -0.05) is 12.1 Å². The summed E-state index contributed by atoms with van der Waals surface area (Å²) in [6, 6.07) is 7.84. The molecule has 3 heterocycles. The second-order valence-corrected chi connectivity index (χ2v) is 6.73. The Balaban J connectivity index is 1.85. The van der Waals surface area contributed by atoms with Gasteiger partial charge in [0.2, 0.25) is 0 Å². The van der Waals surface area contributed by atoms with Crippen molar-refractivity contribution in [1.82, 2.24) is 14.6 Å². The number of halogens is 1. The lowest BCUT2D eigenvalue weighted by Gasteiger charge is -1.99. The Kier molecular flexibility index (Phi) is 3.65. The molecule has 5 nitrogen and oxygen atoms in total. The van der Waals surface area contributed by atoms with Gasteiger partial charge in [-0.05, 0) is 43.2 Å². The molecule has 0 spiro atoms. The molecular weight excluding hydrogens is 339 g/mol. The summed E-state index contributed by atoms with van der Waals surface area (Å²) in [7, 11) is 0. The lowest BCUT2D eigenvalue weighted by Crippen LogP contribution is -2.15. The van der Waals surface area contributed by atoms with Crippen molar-refractivity contribution in [2.24, 2.45) is 5.10 Å². The third-order valence-electron chi connectivity index (χ3n) is 3.86. The van der Waals surface area contributed by atoms with Gasteiger partial charge in [0.25, 0.3) is 5.56 Å². The van der Waals surface area contributed by atoms with Crippen LogP contribution in [0.2, 0.25) is 0 Å². The normalized spacial score (nSPS) is 11.8. The molecular formula is C18H13FN4OS. The van der Waals surface area contributed by atoms with Crippen molar-refractivity contribution < 1.29 is 4.39 Å². The summed E-state index contributed by atoms with van der Waals surface area (Å²) in [5.74, 6) is -0.319. The molecule has 0 aliphatic heterocycles.